The second-order valence-corrected chi connectivity index (χ2v) is 6.03. The van der Waals surface area contributed by atoms with Gasteiger partial charge in [0.15, 0.2) is 0 Å². The summed E-state index contributed by atoms with van der Waals surface area (Å²) in [6.45, 7) is 9.40. The highest BCUT2D eigenvalue weighted by Crippen LogP contribution is 2.31. The van der Waals surface area contributed by atoms with Gasteiger partial charge in [0, 0.05) is 12.1 Å². The molecule has 1 aliphatic carbocycles. The normalized spacial score (nSPS) is 34.5. The van der Waals surface area contributed by atoms with Crippen molar-refractivity contribution in [3.8, 4) is 0 Å². The molecule has 2 atom stereocenters. The van der Waals surface area contributed by atoms with Crippen LogP contribution in [0.4, 0.5) is 0 Å². The molecule has 0 aromatic heterocycles. The number of rotatable bonds is 2. The third-order valence-electron chi connectivity index (χ3n) is 3.02. The fraction of sp³-hybridized carbons (Fsp3) is 1.00. The van der Waals surface area contributed by atoms with E-state index in [1.54, 1.807) is 0 Å². The van der Waals surface area contributed by atoms with Gasteiger partial charge in [-0.2, -0.15) is 0 Å². The minimum absolute atomic E-state index is 0.108. The Hall–Kier alpha value is -0.0800. The highest BCUT2D eigenvalue weighted by atomic mass is 16.3. The van der Waals surface area contributed by atoms with Crippen LogP contribution in [-0.4, -0.2) is 22.8 Å². The lowest BCUT2D eigenvalue weighted by Crippen LogP contribution is -2.49. The summed E-state index contributed by atoms with van der Waals surface area (Å²) in [7, 11) is 0. The van der Waals surface area contributed by atoms with Crippen molar-refractivity contribution < 1.29 is 5.11 Å². The predicted molar refractivity (Wildman–Crippen MR) is 60.3 cm³/mol. The minimum Gasteiger partial charge on any atom is -0.389 e. The topological polar surface area (TPSA) is 32.3 Å². The first-order valence-electron chi connectivity index (χ1n) is 5.78. The zero-order valence-corrected chi connectivity index (χ0v) is 10.1. The first-order chi connectivity index (χ1) is 6.31. The Balaban J connectivity index is 2.41. The molecule has 1 saturated carbocycles. The van der Waals surface area contributed by atoms with Crippen LogP contribution < -0.4 is 5.32 Å². The molecule has 2 unspecified atom stereocenters. The van der Waals surface area contributed by atoms with Crippen molar-refractivity contribution in [2.45, 2.75) is 64.5 Å². The summed E-state index contributed by atoms with van der Waals surface area (Å²) in [5, 5.41) is 13.7. The van der Waals surface area contributed by atoms with Gasteiger partial charge in [0.05, 0.1) is 5.60 Å². The summed E-state index contributed by atoms with van der Waals surface area (Å²) in [4.78, 5) is 0. The van der Waals surface area contributed by atoms with Crippen molar-refractivity contribution >= 4 is 0 Å². The summed E-state index contributed by atoms with van der Waals surface area (Å²) >= 11 is 0. The SMILES string of the molecule is CC1CCCC(O)(CNC(C)(C)C)C1. The fourth-order valence-corrected chi connectivity index (χ4v) is 2.22. The van der Waals surface area contributed by atoms with Crippen molar-refractivity contribution in [3.63, 3.8) is 0 Å². The van der Waals surface area contributed by atoms with Gasteiger partial charge in [0.25, 0.3) is 0 Å². The average molecular weight is 199 g/mol. The van der Waals surface area contributed by atoms with Crippen LogP contribution in [0.3, 0.4) is 0 Å². The zero-order valence-electron chi connectivity index (χ0n) is 10.1. The van der Waals surface area contributed by atoms with Crippen LogP contribution in [0.25, 0.3) is 0 Å². The number of aliphatic hydroxyl groups is 1. The van der Waals surface area contributed by atoms with E-state index in [9.17, 15) is 5.11 Å². The first kappa shape index (κ1) is 12.0. The maximum Gasteiger partial charge on any atom is 0.0774 e. The predicted octanol–water partition coefficient (Wildman–Crippen LogP) is 2.32. The Bertz CT molecular complexity index is 185. The smallest absolute Gasteiger partial charge is 0.0774 e. The van der Waals surface area contributed by atoms with E-state index in [1.807, 2.05) is 0 Å². The molecule has 1 rings (SSSR count). The summed E-state index contributed by atoms with van der Waals surface area (Å²) in [5.74, 6) is 0.676. The van der Waals surface area contributed by atoms with Gasteiger partial charge in [-0.05, 0) is 39.5 Å². The van der Waals surface area contributed by atoms with Crippen LogP contribution in [0.15, 0.2) is 0 Å². The van der Waals surface area contributed by atoms with Gasteiger partial charge >= 0.3 is 0 Å². The molecule has 84 valence electrons. The minimum atomic E-state index is -0.453. The van der Waals surface area contributed by atoms with Gasteiger partial charge in [-0.15, -0.1) is 0 Å². The number of hydrogen-bond donors (Lipinski definition) is 2. The second kappa shape index (κ2) is 4.19. The van der Waals surface area contributed by atoms with Crippen LogP contribution >= 0.6 is 0 Å². The summed E-state index contributed by atoms with van der Waals surface area (Å²) in [6, 6.07) is 0. The highest BCUT2D eigenvalue weighted by Gasteiger charge is 2.33. The van der Waals surface area contributed by atoms with E-state index in [4.69, 9.17) is 0 Å². The number of β-amino-alcohol motifs (C(OH)–C–C–N with tert-alkyl or cyclic N) is 1. The van der Waals surface area contributed by atoms with Crippen molar-refractivity contribution in [1.82, 2.24) is 5.32 Å². The largest absolute Gasteiger partial charge is 0.389 e. The number of hydrogen-bond acceptors (Lipinski definition) is 2. The first-order valence-corrected chi connectivity index (χ1v) is 5.78. The molecule has 1 aliphatic rings. The molecular weight excluding hydrogens is 174 g/mol. The maximum atomic E-state index is 10.3. The molecule has 2 nitrogen and oxygen atoms in total. The van der Waals surface area contributed by atoms with Gasteiger partial charge in [-0.25, -0.2) is 0 Å². The lowest BCUT2D eigenvalue weighted by Gasteiger charge is -2.37. The van der Waals surface area contributed by atoms with E-state index >= 15 is 0 Å². The molecule has 0 heterocycles. The van der Waals surface area contributed by atoms with E-state index in [1.165, 1.54) is 12.8 Å². The monoisotopic (exact) mass is 199 g/mol. The zero-order chi connectivity index (χ0) is 10.8. The molecule has 0 amide bonds. The summed E-state index contributed by atoms with van der Waals surface area (Å²) in [5.41, 5.74) is -0.346. The molecule has 0 bridgehead atoms. The molecule has 2 N–H and O–H groups in total. The maximum absolute atomic E-state index is 10.3. The van der Waals surface area contributed by atoms with Crippen LogP contribution in [0.1, 0.15) is 53.4 Å². The standard InChI is InChI=1S/C12H25NO/c1-10-6-5-7-12(14,8-10)9-13-11(2,3)4/h10,13-14H,5-9H2,1-4H3. The van der Waals surface area contributed by atoms with E-state index in [2.05, 4.69) is 33.0 Å². The Labute approximate surface area is 88.1 Å². The lowest BCUT2D eigenvalue weighted by molar-refractivity contribution is -0.0159. The van der Waals surface area contributed by atoms with Crippen LogP contribution in [-0.2, 0) is 0 Å². The van der Waals surface area contributed by atoms with Crippen molar-refractivity contribution in [2.75, 3.05) is 6.54 Å². The lowest BCUT2D eigenvalue weighted by atomic mass is 9.78. The van der Waals surface area contributed by atoms with E-state index in [0.717, 1.165) is 19.4 Å². The Morgan fingerprint density at radius 3 is 2.57 bits per heavy atom. The van der Waals surface area contributed by atoms with Crippen molar-refractivity contribution in [3.05, 3.63) is 0 Å². The van der Waals surface area contributed by atoms with Gasteiger partial charge in [0.2, 0.25) is 0 Å². The fourth-order valence-electron chi connectivity index (χ4n) is 2.22. The molecule has 0 aromatic carbocycles. The van der Waals surface area contributed by atoms with E-state index < -0.39 is 5.60 Å². The second-order valence-electron chi connectivity index (χ2n) is 6.03. The molecular formula is C12H25NO. The summed E-state index contributed by atoms with van der Waals surface area (Å²) < 4.78 is 0. The average Bonchev–Trinajstić information content (AvgIpc) is 1.99. The summed E-state index contributed by atoms with van der Waals surface area (Å²) in [6.07, 6.45) is 4.36. The van der Waals surface area contributed by atoms with E-state index in [0.29, 0.717) is 5.92 Å². The molecule has 0 saturated heterocycles. The van der Waals surface area contributed by atoms with Crippen molar-refractivity contribution in [2.24, 2.45) is 5.92 Å². The quantitative estimate of drug-likeness (QED) is 0.715. The van der Waals surface area contributed by atoms with Crippen LogP contribution in [0.5, 0.6) is 0 Å². The molecule has 14 heavy (non-hydrogen) atoms. The third-order valence-corrected chi connectivity index (χ3v) is 3.02. The molecule has 0 spiro atoms. The Kier molecular flexibility index (Phi) is 3.59. The van der Waals surface area contributed by atoms with Gasteiger partial charge in [-0.3, -0.25) is 0 Å². The molecule has 2 heteroatoms. The molecule has 0 aliphatic heterocycles. The van der Waals surface area contributed by atoms with Crippen LogP contribution in [0, 0.1) is 5.92 Å². The Morgan fingerprint density at radius 1 is 1.43 bits per heavy atom. The highest BCUT2D eigenvalue weighted by molar-refractivity contribution is 4.89. The van der Waals surface area contributed by atoms with Crippen LogP contribution in [0.2, 0.25) is 0 Å². The van der Waals surface area contributed by atoms with Gasteiger partial charge in [0.1, 0.15) is 0 Å². The Morgan fingerprint density at radius 2 is 2.07 bits per heavy atom. The third kappa shape index (κ3) is 3.97. The number of nitrogens with one attached hydrogen (secondary N) is 1. The van der Waals surface area contributed by atoms with E-state index in [-0.39, 0.29) is 5.54 Å². The molecule has 0 aromatic rings. The molecule has 1 fully saturated rings. The van der Waals surface area contributed by atoms with Gasteiger partial charge < -0.3 is 10.4 Å². The van der Waals surface area contributed by atoms with Crippen molar-refractivity contribution in [1.29, 1.82) is 0 Å². The van der Waals surface area contributed by atoms with Gasteiger partial charge in [-0.1, -0.05) is 19.8 Å². The molecule has 0 radical (unpaired) electrons.